The molecule has 0 bridgehead atoms. The van der Waals surface area contributed by atoms with Gasteiger partial charge in [0.2, 0.25) is 0 Å². The van der Waals surface area contributed by atoms with E-state index in [1.807, 2.05) is 13.8 Å². The van der Waals surface area contributed by atoms with Crippen molar-refractivity contribution in [3.8, 4) is 0 Å². The van der Waals surface area contributed by atoms with E-state index in [-0.39, 0.29) is 18.6 Å². The number of aliphatic hydroxyl groups excluding tert-OH is 1. The molecule has 0 spiro atoms. The molecule has 0 aromatic carbocycles. The van der Waals surface area contributed by atoms with Gasteiger partial charge in [0.05, 0.1) is 11.9 Å². The first kappa shape index (κ1) is 15.3. The van der Waals surface area contributed by atoms with Gasteiger partial charge in [0, 0.05) is 31.9 Å². The van der Waals surface area contributed by atoms with Gasteiger partial charge < -0.3 is 5.11 Å². The Hall–Kier alpha value is -1.12. The monoisotopic (exact) mass is 302 g/mol. The standard InChI is InChI=1S/C12H22N4O3S/c1-10(2)16-8-12(7-13-16)14-20(18,19)15-5-3-11(9-17)4-6-15/h7-8,10-11,14,17H,3-6,9H2,1-2H3. The van der Waals surface area contributed by atoms with Crippen LogP contribution in [0, 0.1) is 5.92 Å². The van der Waals surface area contributed by atoms with E-state index in [0.717, 1.165) is 0 Å². The van der Waals surface area contributed by atoms with Gasteiger partial charge >= 0.3 is 10.2 Å². The molecule has 0 unspecified atom stereocenters. The van der Waals surface area contributed by atoms with Crippen molar-refractivity contribution in [1.82, 2.24) is 14.1 Å². The topological polar surface area (TPSA) is 87.5 Å². The highest BCUT2D eigenvalue weighted by atomic mass is 32.2. The van der Waals surface area contributed by atoms with Gasteiger partial charge in [-0.2, -0.15) is 17.8 Å². The van der Waals surface area contributed by atoms with Crippen LogP contribution in [0.5, 0.6) is 0 Å². The summed E-state index contributed by atoms with van der Waals surface area (Å²) in [5.41, 5.74) is 0.475. The zero-order chi connectivity index (χ0) is 14.8. The maximum atomic E-state index is 12.2. The zero-order valence-electron chi connectivity index (χ0n) is 11.9. The highest BCUT2D eigenvalue weighted by Crippen LogP contribution is 2.20. The Balaban J connectivity index is 2.00. The lowest BCUT2D eigenvalue weighted by atomic mass is 10.00. The van der Waals surface area contributed by atoms with Gasteiger partial charge in [-0.15, -0.1) is 0 Å². The Labute approximate surface area is 119 Å². The van der Waals surface area contributed by atoms with Gasteiger partial charge in [-0.1, -0.05) is 0 Å². The van der Waals surface area contributed by atoms with E-state index >= 15 is 0 Å². The molecule has 2 rings (SSSR count). The minimum absolute atomic E-state index is 0.127. The lowest BCUT2D eigenvalue weighted by Crippen LogP contribution is -2.42. The second kappa shape index (κ2) is 6.11. The van der Waals surface area contributed by atoms with Crippen molar-refractivity contribution in [2.24, 2.45) is 5.92 Å². The molecule has 0 saturated carbocycles. The van der Waals surface area contributed by atoms with E-state index in [0.29, 0.717) is 31.6 Å². The summed E-state index contributed by atoms with van der Waals surface area (Å²) >= 11 is 0. The van der Waals surface area contributed by atoms with E-state index in [2.05, 4.69) is 9.82 Å². The Morgan fingerprint density at radius 2 is 2.10 bits per heavy atom. The lowest BCUT2D eigenvalue weighted by molar-refractivity contribution is 0.170. The number of anilines is 1. The van der Waals surface area contributed by atoms with Gasteiger partial charge in [-0.25, -0.2) is 0 Å². The van der Waals surface area contributed by atoms with Crippen molar-refractivity contribution < 1.29 is 13.5 Å². The third-order valence-electron chi connectivity index (χ3n) is 3.55. The maximum absolute atomic E-state index is 12.2. The summed E-state index contributed by atoms with van der Waals surface area (Å²) in [5, 5.41) is 13.2. The molecule has 8 heteroatoms. The Bertz CT molecular complexity index is 533. The molecule has 2 heterocycles. The summed E-state index contributed by atoms with van der Waals surface area (Å²) in [7, 11) is -3.53. The van der Waals surface area contributed by atoms with E-state index in [1.54, 1.807) is 10.9 Å². The second-order valence-corrected chi connectivity index (χ2v) is 7.11. The average Bonchev–Trinajstić information content (AvgIpc) is 2.87. The molecule has 0 atom stereocenters. The maximum Gasteiger partial charge on any atom is 0.301 e. The summed E-state index contributed by atoms with van der Waals surface area (Å²) in [6, 6.07) is 0.188. The van der Waals surface area contributed by atoms with Crippen LogP contribution < -0.4 is 4.72 Å². The highest BCUT2D eigenvalue weighted by Gasteiger charge is 2.27. The molecule has 1 aliphatic heterocycles. The smallest absolute Gasteiger partial charge is 0.301 e. The fourth-order valence-electron chi connectivity index (χ4n) is 2.22. The van der Waals surface area contributed by atoms with Gasteiger partial charge in [-0.05, 0) is 32.6 Å². The number of nitrogens with one attached hydrogen (secondary N) is 1. The van der Waals surface area contributed by atoms with Gasteiger partial charge in [0.15, 0.2) is 0 Å². The zero-order valence-corrected chi connectivity index (χ0v) is 12.7. The first-order valence-electron chi connectivity index (χ1n) is 6.85. The van der Waals surface area contributed by atoms with E-state index in [4.69, 9.17) is 5.11 Å². The van der Waals surface area contributed by atoms with Crippen molar-refractivity contribution in [1.29, 1.82) is 0 Å². The van der Waals surface area contributed by atoms with Crippen LogP contribution in [0.4, 0.5) is 5.69 Å². The molecule has 1 saturated heterocycles. The summed E-state index contributed by atoms with van der Waals surface area (Å²) in [6.07, 6.45) is 4.59. The minimum Gasteiger partial charge on any atom is -0.396 e. The van der Waals surface area contributed by atoms with Crippen LogP contribution in [0.2, 0.25) is 0 Å². The molecule has 7 nitrogen and oxygen atoms in total. The second-order valence-electron chi connectivity index (χ2n) is 5.43. The number of nitrogens with zero attached hydrogens (tertiary/aromatic N) is 3. The predicted octanol–water partition coefficient (Wildman–Crippen LogP) is 0.825. The molecule has 0 aliphatic carbocycles. The molecule has 20 heavy (non-hydrogen) atoms. The van der Waals surface area contributed by atoms with E-state index in [1.165, 1.54) is 10.5 Å². The van der Waals surface area contributed by atoms with Crippen LogP contribution in [-0.4, -0.2) is 47.3 Å². The van der Waals surface area contributed by atoms with Crippen LogP contribution in [0.25, 0.3) is 0 Å². The predicted molar refractivity (Wildman–Crippen MR) is 76.5 cm³/mol. The van der Waals surface area contributed by atoms with Gasteiger partial charge in [0.1, 0.15) is 0 Å². The molecule has 1 fully saturated rings. The fraction of sp³-hybridized carbons (Fsp3) is 0.750. The Kier molecular flexibility index (Phi) is 4.66. The molecule has 1 aliphatic rings. The molecule has 1 aromatic rings. The van der Waals surface area contributed by atoms with Crippen LogP contribution in [0.3, 0.4) is 0 Å². The quantitative estimate of drug-likeness (QED) is 0.843. The molecule has 114 valence electrons. The van der Waals surface area contributed by atoms with E-state index in [9.17, 15) is 8.42 Å². The van der Waals surface area contributed by atoms with Crippen molar-refractivity contribution in [3.63, 3.8) is 0 Å². The number of rotatable bonds is 5. The summed E-state index contributed by atoms with van der Waals surface area (Å²) in [4.78, 5) is 0. The number of aliphatic hydroxyl groups is 1. The first-order valence-corrected chi connectivity index (χ1v) is 8.29. The molecular formula is C12H22N4O3S. The molecule has 0 amide bonds. The van der Waals surface area contributed by atoms with Crippen LogP contribution in [-0.2, 0) is 10.2 Å². The van der Waals surface area contributed by atoms with Gasteiger partial charge in [-0.3, -0.25) is 9.40 Å². The number of hydrogen-bond donors (Lipinski definition) is 2. The highest BCUT2D eigenvalue weighted by molar-refractivity contribution is 7.90. The first-order chi connectivity index (χ1) is 9.42. The van der Waals surface area contributed by atoms with Crippen molar-refractivity contribution in [2.75, 3.05) is 24.4 Å². The van der Waals surface area contributed by atoms with Crippen LogP contribution in [0.15, 0.2) is 12.4 Å². The third kappa shape index (κ3) is 3.50. The summed E-state index contributed by atoms with van der Waals surface area (Å²) in [5.74, 6) is 0.213. The third-order valence-corrected chi connectivity index (χ3v) is 5.09. The number of hydrogen-bond acceptors (Lipinski definition) is 4. The number of piperidine rings is 1. The summed E-state index contributed by atoms with van der Waals surface area (Å²) in [6.45, 7) is 4.97. The average molecular weight is 302 g/mol. The Morgan fingerprint density at radius 1 is 1.45 bits per heavy atom. The molecule has 0 radical (unpaired) electrons. The Morgan fingerprint density at radius 3 is 2.60 bits per heavy atom. The SMILES string of the molecule is CC(C)n1cc(NS(=O)(=O)N2CCC(CO)CC2)cn1. The normalized spacial score (nSPS) is 18.6. The minimum atomic E-state index is -3.53. The lowest BCUT2D eigenvalue weighted by Gasteiger charge is -2.30. The molecule has 2 N–H and O–H groups in total. The fourth-order valence-corrected chi connectivity index (χ4v) is 3.44. The van der Waals surface area contributed by atoms with Crippen molar-refractivity contribution in [3.05, 3.63) is 12.4 Å². The number of aromatic nitrogens is 2. The summed E-state index contributed by atoms with van der Waals surface area (Å²) < 4.78 is 30.2. The van der Waals surface area contributed by atoms with Crippen LogP contribution >= 0.6 is 0 Å². The largest absolute Gasteiger partial charge is 0.396 e. The van der Waals surface area contributed by atoms with E-state index < -0.39 is 10.2 Å². The van der Waals surface area contributed by atoms with Crippen molar-refractivity contribution >= 4 is 15.9 Å². The van der Waals surface area contributed by atoms with Gasteiger partial charge in [0.25, 0.3) is 0 Å². The van der Waals surface area contributed by atoms with Crippen molar-refractivity contribution in [2.45, 2.75) is 32.7 Å². The molecule has 1 aromatic heterocycles. The van der Waals surface area contributed by atoms with Crippen LogP contribution in [0.1, 0.15) is 32.7 Å². The molecular weight excluding hydrogens is 280 g/mol.